The third kappa shape index (κ3) is 3.35. The fraction of sp³-hybridized carbons (Fsp3) is 0.500. The largest absolute Gasteiger partial charge is 0.481 e. The van der Waals surface area contributed by atoms with Crippen molar-refractivity contribution in [3.8, 4) is 0 Å². The van der Waals surface area contributed by atoms with E-state index in [1.54, 1.807) is 5.57 Å². The lowest BCUT2D eigenvalue weighted by Gasteiger charge is -2.39. The molecule has 1 N–H and O–H groups in total. The molecule has 112 valence electrons. The fourth-order valence-electron chi connectivity index (χ4n) is 3.40. The molecule has 0 aromatic heterocycles. The van der Waals surface area contributed by atoms with E-state index in [2.05, 4.69) is 41.3 Å². The monoisotopic (exact) mass is 285 g/mol. The van der Waals surface area contributed by atoms with E-state index >= 15 is 0 Å². The number of allylic oxidation sites excluding steroid dienone is 1. The number of hydrogen-bond donors (Lipinski definition) is 1. The lowest BCUT2D eigenvalue weighted by atomic mass is 9.85. The Bertz CT molecular complexity index is 515. The van der Waals surface area contributed by atoms with Gasteiger partial charge in [-0.1, -0.05) is 42.0 Å². The fourth-order valence-corrected chi connectivity index (χ4v) is 3.40. The molecule has 1 aliphatic carbocycles. The molecule has 1 aliphatic heterocycles. The number of benzene rings is 1. The molecule has 2 aliphatic rings. The molecule has 1 saturated heterocycles. The number of rotatable bonds is 5. The van der Waals surface area contributed by atoms with Crippen LogP contribution in [-0.4, -0.2) is 35.1 Å². The summed E-state index contributed by atoms with van der Waals surface area (Å²) in [7, 11) is 0. The SMILES string of the molecule is O=C(O)C1CCN(C(Cc2ccccc2)C2=CCC2)CC1. The van der Waals surface area contributed by atoms with Gasteiger partial charge >= 0.3 is 5.97 Å². The first-order valence-corrected chi connectivity index (χ1v) is 7.94. The van der Waals surface area contributed by atoms with Crippen molar-refractivity contribution in [2.45, 2.75) is 38.1 Å². The standard InChI is InChI=1S/C18H23NO2/c20-18(21)16-9-11-19(12-10-16)17(15-7-4-8-15)13-14-5-2-1-3-6-14/h1-3,5-7,16-17H,4,8-13H2,(H,20,21). The minimum atomic E-state index is -0.628. The van der Waals surface area contributed by atoms with Crippen LogP contribution in [0.5, 0.6) is 0 Å². The van der Waals surface area contributed by atoms with Gasteiger partial charge in [-0.2, -0.15) is 0 Å². The molecule has 0 saturated carbocycles. The van der Waals surface area contributed by atoms with Gasteiger partial charge in [0.15, 0.2) is 0 Å². The Morgan fingerprint density at radius 3 is 2.43 bits per heavy atom. The van der Waals surface area contributed by atoms with Crippen LogP contribution in [0, 0.1) is 5.92 Å². The zero-order valence-electron chi connectivity index (χ0n) is 12.4. The van der Waals surface area contributed by atoms with E-state index in [4.69, 9.17) is 5.11 Å². The number of likely N-dealkylation sites (tertiary alicyclic amines) is 1. The average molecular weight is 285 g/mol. The van der Waals surface area contributed by atoms with Crippen LogP contribution in [-0.2, 0) is 11.2 Å². The quantitative estimate of drug-likeness (QED) is 0.845. The zero-order chi connectivity index (χ0) is 14.7. The topological polar surface area (TPSA) is 40.5 Å². The lowest BCUT2D eigenvalue weighted by Crippen LogP contribution is -2.45. The molecule has 0 amide bonds. The van der Waals surface area contributed by atoms with Gasteiger partial charge in [-0.05, 0) is 50.8 Å². The molecule has 0 spiro atoms. The zero-order valence-corrected chi connectivity index (χ0v) is 12.4. The van der Waals surface area contributed by atoms with Gasteiger partial charge in [-0.15, -0.1) is 0 Å². The van der Waals surface area contributed by atoms with E-state index in [-0.39, 0.29) is 5.92 Å². The van der Waals surface area contributed by atoms with Crippen molar-refractivity contribution in [1.29, 1.82) is 0 Å². The molecule has 1 aromatic rings. The van der Waals surface area contributed by atoms with Crippen LogP contribution in [0.25, 0.3) is 0 Å². The summed E-state index contributed by atoms with van der Waals surface area (Å²) in [5.41, 5.74) is 2.92. The van der Waals surface area contributed by atoms with Crippen molar-refractivity contribution in [2.75, 3.05) is 13.1 Å². The van der Waals surface area contributed by atoms with Crippen LogP contribution < -0.4 is 0 Å². The Balaban J connectivity index is 1.68. The Morgan fingerprint density at radius 1 is 1.24 bits per heavy atom. The number of hydrogen-bond acceptors (Lipinski definition) is 2. The van der Waals surface area contributed by atoms with E-state index in [1.807, 2.05) is 0 Å². The highest BCUT2D eigenvalue weighted by atomic mass is 16.4. The Morgan fingerprint density at radius 2 is 1.90 bits per heavy atom. The van der Waals surface area contributed by atoms with Crippen LogP contribution >= 0.6 is 0 Å². The Labute approximate surface area is 126 Å². The van der Waals surface area contributed by atoms with Gasteiger partial charge in [-0.3, -0.25) is 9.69 Å². The second-order valence-electron chi connectivity index (χ2n) is 6.17. The molecule has 1 unspecified atom stereocenters. The van der Waals surface area contributed by atoms with Crippen LogP contribution in [0.2, 0.25) is 0 Å². The first-order valence-electron chi connectivity index (χ1n) is 7.94. The summed E-state index contributed by atoms with van der Waals surface area (Å²) in [4.78, 5) is 13.6. The number of aliphatic carboxylic acids is 1. The van der Waals surface area contributed by atoms with Gasteiger partial charge in [0.1, 0.15) is 0 Å². The number of carbonyl (C=O) groups is 1. The van der Waals surface area contributed by atoms with Crippen molar-refractivity contribution in [3.63, 3.8) is 0 Å². The highest BCUT2D eigenvalue weighted by molar-refractivity contribution is 5.70. The summed E-state index contributed by atoms with van der Waals surface area (Å²) in [6.07, 6.45) is 7.38. The molecule has 3 nitrogen and oxygen atoms in total. The molecule has 21 heavy (non-hydrogen) atoms. The predicted molar refractivity (Wildman–Crippen MR) is 83.2 cm³/mol. The van der Waals surface area contributed by atoms with Crippen LogP contribution in [0.3, 0.4) is 0 Å². The van der Waals surface area contributed by atoms with E-state index in [0.29, 0.717) is 6.04 Å². The third-order valence-electron chi connectivity index (χ3n) is 4.86. The maximum absolute atomic E-state index is 11.1. The van der Waals surface area contributed by atoms with Gasteiger partial charge in [0.05, 0.1) is 5.92 Å². The van der Waals surface area contributed by atoms with Crippen molar-refractivity contribution >= 4 is 5.97 Å². The highest BCUT2D eigenvalue weighted by Crippen LogP contribution is 2.30. The first-order chi connectivity index (χ1) is 10.2. The van der Waals surface area contributed by atoms with Crippen LogP contribution in [0.1, 0.15) is 31.2 Å². The van der Waals surface area contributed by atoms with E-state index in [0.717, 1.165) is 32.4 Å². The van der Waals surface area contributed by atoms with Crippen LogP contribution in [0.15, 0.2) is 42.0 Å². The van der Waals surface area contributed by atoms with Gasteiger partial charge in [0, 0.05) is 6.04 Å². The first kappa shape index (κ1) is 14.3. The smallest absolute Gasteiger partial charge is 0.306 e. The lowest BCUT2D eigenvalue weighted by molar-refractivity contribution is -0.143. The molecule has 1 fully saturated rings. The Hall–Kier alpha value is -1.61. The van der Waals surface area contributed by atoms with E-state index in [9.17, 15) is 4.79 Å². The average Bonchev–Trinajstić information content (AvgIpc) is 2.46. The van der Waals surface area contributed by atoms with E-state index < -0.39 is 5.97 Å². The summed E-state index contributed by atoms with van der Waals surface area (Å²) in [6.45, 7) is 1.82. The molecular formula is C18H23NO2. The molecule has 0 radical (unpaired) electrons. The molecule has 3 heteroatoms. The number of carboxylic acid groups (broad SMARTS) is 1. The highest BCUT2D eigenvalue weighted by Gasteiger charge is 2.31. The van der Waals surface area contributed by atoms with Crippen molar-refractivity contribution in [1.82, 2.24) is 4.90 Å². The summed E-state index contributed by atoms with van der Waals surface area (Å²) >= 11 is 0. The van der Waals surface area contributed by atoms with Crippen molar-refractivity contribution < 1.29 is 9.90 Å². The maximum Gasteiger partial charge on any atom is 0.306 e. The van der Waals surface area contributed by atoms with Crippen LogP contribution in [0.4, 0.5) is 0 Å². The second kappa shape index (κ2) is 6.44. The Kier molecular flexibility index (Phi) is 4.39. The molecule has 0 bridgehead atoms. The van der Waals surface area contributed by atoms with Crippen molar-refractivity contribution in [3.05, 3.63) is 47.5 Å². The molecule has 1 heterocycles. The summed E-state index contributed by atoms with van der Waals surface area (Å²) in [5, 5.41) is 9.13. The molecular weight excluding hydrogens is 262 g/mol. The summed E-state index contributed by atoms with van der Waals surface area (Å²) in [6, 6.07) is 11.1. The third-order valence-corrected chi connectivity index (χ3v) is 4.86. The predicted octanol–water partition coefficient (Wildman–Crippen LogP) is 3.11. The van der Waals surface area contributed by atoms with Crippen molar-refractivity contribution in [2.24, 2.45) is 5.92 Å². The molecule has 3 rings (SSSR count). The van der Waals surface area contributed by atoms with Gasteiger partial charge < -0.3 is 5.11 Å². The van der Waals surface area contributed by atoms with Gasteiger partial charge in [0.2, 0.25) is 0 Å². The van der Waals surface area contributed by atoms with Gasteiger partial charge in [0.25, 0.3) is 0 Å². The van der Waals surface area contributed by atoms with E-state index in [1.165, 1.54) is 18.4 Å². The minimum absolute atomic E-state index is 0.144. The summed E-state index contributed by atoms with van der Waals surface area (Å²) < 4.78 is 0. The molecule has 1 atom stereocenters. The number of nitrogens with zero attached hydrogens (tertiary/aromatic N) is 1. The second-order valence-corrected chi connectivity index (χ2v) is 6.17. The maximum atomic E-state index is 11.1. The number of piperidine rings is 1. The van der Waals surface area contributed by atoms with Gasteiger partial charge in [-0.25, -0.2) is 0 Å². The summed E-state index contributed by atoms with van der Waals surface area (Å²) in [5.74, 6) is -0.772. The minimum Gasteiger partial charge on any atom is -0.481 e. The molecule has 1 aromatic carbocycles. The number of carboxylic acids is 1. The normalized spacial score (nSPS) is 21.4.